The summed E-state index contributed by atoms with van der Waals surface area (Å²) in [6, 6.07) is 24.1. The Labute approximate surface area is 169 Å². The van der Waals surface area contributed by atoms with Crippen LogP contribution in [0.1, 0.15) is 22.6 Å². The van der Waals surface area contributed by atoms with E-state index in [-0.39, 0.29) is 5.92 Å². The zero-order valence-electron chi connectivity index (χ0n) is 15.3. The fourth-order valence-electron chi connectivity index (χ4n) is 3.60. The van der Waals surface area contributed by atoms with Crippen LogP contribution in [0.15, 0.2) is 78.9 Å². The summed E-state index contributed by atoms with van der Waals surface area (Å²) in [6.07, 6.45) is 3.36. The predicted octanol–water partition coefficient (Wildman–Crippen LogP) is 5.89. The highest BCUT2D eigenvalue weighted by molar-refractivity contribution is 6.30. The SMILES string of the molecule is O=C(NCC=Cc1cccc(Cl)c1)OCC1c2ccccc2-c2ccccc21. The Kier molecular flexibility index (Phi) is 5.45. The van der Waals surface area contributed by atoms with Crippen molar-refractivity contribution in [1.29, 1.82) is 0 Å². The van der Waals surface area contributed by atoms with Crippen LogP contribution >= 0.6 is 11.6 Å². The van der Waals surface area contributed by atoms with Crippen molar-refractivity contribution in [2.45, 2.75) is 5.92 Å². The van der Waals surface area contributed by atoms with E-state index in [1.165, 1.54) is 22.3 Å². The van der Waals surface area contributed by atoms with Crippen LogP contribution in [0.2, 0.25) is 5.02 Å². The molecular weight excluding hydrogens is 370 g/mol. The van der Waals surface area contributed by atoms with Gasteiger partial charge in [0.15, 0.2) is 0 Å². The first-order chi connectivity index (χ1) is 13.7. The lowest BCUT2D eigenvalue weighted by Crippen LogP contribution is -2.26. The number of carbonyl (C=O) groups excluding carboxylic acids is 1. The molecule has 0 aliphatic heterocycles. The second kappa shape index (κ2) is 8.32. The Bertz CT molecular complexity index is 983. The van der Waals surface area contributed by atoms with E-state index >= 15 is 0 Å². The molecule has 28 heavy (non-hydrogen) atoms. The number of ether oxygens (including phenoxy) is 1. The molecule has 1 aliphatic carbocycles. The standard InChI is InChI=1S/C24H20ClNO2/c25-18-9-5-7-17(15-18)8-6-14-26-24(27)28-16-23-21-12-3-1-10-19(21)20-11-2-4-13-22(20)23/h1-13,15,23H,14,16H2,(H,26,27). The lowest BCUT2D eigenvalue weighted by Gasteiger charge is -2.14. The quantitative estimate of drug-likeness (QED) is 0.590. The molecule has 3 nitrogen and oxygen atoms in total. The minimum Gasteiger partial charge on any atom is -0.449 e. The monoisotopic (exact) mass is 389 g/mol. The normalized spacial score (nSPS) is 12.6. The molecule has 0 bridgehead atoms. The lowest BCUT2D eigenvalue weighted by molar-refractivity contribution is 0.144. The summed E-state index contributed by atoms with van der Waals surface area (Å²) in [7, 11) is 0. The van der Waals surface area contributed by atoms with Gasteiger partial charge in [0.1, 0.15) is 6.61 Å². The lowest BCUT2D eigenvalue weighted by atomic mass is 9.98. The fraction of sp³-hybridized carbons (Fsp3) is 0.125. The second-order valence-corrected chi connectivity index (χ2v) is 7.10. The summed E-state index contributed by atoms with van der Waals surface area (Å²) in [5, 5.41) is 3.45. The maximum atomic E-state index is 12.1. The summed E-state index contributed by atoms with van der Waals surface area (Å²) in [6.45, 7) is 0.709. The topological polar surface area (TPSA) is 38.3 Å². The molecule has 0 heterocycles. The van der Waals surface area contributed by atoms with Gasteiger partial charge in [-0.05, 0) is 39.9 Å². The molecule has 4 rings (SSSR count). The van der Waals surface area contributed by atoms with Crippen LogP contribution in [-0.4, -0.2) is 19.2 Å². The zero-order valence-corrected chi connectivity index (χ0v) is 16.0. The van der Waals surface area contributed by atoms with Crippen LogP contribution in [-0.2, 0) is 4.74 Å². The molecular formula is C24H20ClNO2. The number of benzene rings is 3. The molecule has 3 aromatic carbocycles. The van der Waals surface area contributed by atoms with E-state index in [1.807, 2.05) is 60.7 Å². The smallest absolute Gasteiger partial charge is 0.407 e. The molecule has 0 atom stereocenters. The molecule has 1 aliphatic rings. The van der Waals surface area contributed by atoms with Crippen molar-refractivity contribution in [3.63, 3.8) is 0 Å². The van der Waals surface area contributed by atoms with Crippen molar-refractivity contribution in [3.8, 4) is 11.1 Å². The molecule has 4 heteroatoms. The van der Waals surface area contributed by atoms with Crippen LogP contribution in [0.4, 0.5) is 4.79 Å². The van der Waals surface area contributed by atoms with E-state index in [9.17, 15) is 4.79 Å². The first kappa shape index (κ1) is 18.3. The number of hydrogen-bond donors (Lipinski definition) is 1. The van der Waals surface area contributed by atoms with Gasteiger partial charge in [-0.1, -0.05) is 84.4 Å². The van der Waals surface area contributed by atoms with Crippen molar-refractivity contribution in [1.82, 2.24) is 5.32 Å². The highest BCUT2D eigenvalue weighted by atomic mass is 35.5. The minimum absolute atomic E-state index is 0.0696. The number of carbonyl (C=O) groups is 1. The molecule has 1 N–H and O–H groups in total. The van der Waals surface area contributed by atoms with Gasteiger partial charge in [-0.15, -0.1) is 0 Å². The average Bonchev–Trinajstić information content (AvgIpc) is 3.04. The van der Waals surface area contributed by atoms with Gasteiger partial charge >= 0.3 is 6.09 Å². The van der Waals surface area contributed by atoms with Crippen LogP contribution < -0.4 is 5.32 Å². The van der Waals surface area contributed by atoms with Gasteiger partial charge in [0.25, 0.3) is 0 Å². The van der Waals surface area contributed by atoms with Crippen molar-refractivity contribution in [2.75, 3.05) is 13.2 Å². The van der Waals surface area contributed by atoms with Gasteiger partial charge < -0.3 is 10.1 Å². The van der Waals surface area contributed by atoms with Gasteiger partial charge in [0.2, 0.25) is 0 Å². The summed E-state index contributed by atoms with van der Waals surface area (Å²) < 4.78 is 5.51. The number of alkyl carbamates (subject to hydrolysis) is 1. The molecule has 3 aromatic rings. The zero-order chi connectivity index (χ0) is 19.3. The average molecular weight is 390 g/mol. The predicted molar refractivity (Wildman–Crippen MR) is 114 cm³/mol. The first-order valence-electron chi connectivity index (χ1n) is 9.23. The Balaban J connectivity index is 1.34. The number of rotatable bonds is 5. The first-order valence-corrected chi connectivity index (χ1v) is 9.61. The van der Waals surface area contributed by atoms with Gasteiger partial charge in [-0.3, -0.25) is 0 Å². The number of nitrogens with one attached hydrogen (secondary N) is 1. The molecule has 0 radical (unpaired) electrons. The third-order valence-electron chi connectivity index (χ3n) is 4.87. The third-order valence-corrected chi connectivity index (χ3v) is 5.10. The van der Waals surface area contributed by atoms with Crippen LogP contribution in [0.25, 0.3) is 17.2 Å². The van der Waals surface area contributed by atoms with Gasteiger partial charge in [0, 0.05) is 17.5 Å². The van der Waals surface area contributed by atoms with E-state index in [0.717, 1.165) is 5.56 Å². The maximum absolute atomic E-state index is 12.1. The molecule has 0 fully saturated rings. The fourth-order valence-corrected chi connectivity index (χ4v) is 3.80. The molecule has 0 aromatic heterocycles. The van der Waals surface area contributed by atoms with E-state index < -0.39 is 6.09 Å². The number of fused-ring (bicyclic) bond motifs is 3. The highest BCUT2D eigenvalue weighted by Gasteiger charge is 2.28. The number of amides is 1. The second-order valence-electron chi connectivity index (χ2n) is 6.66. The Hall–Kier alpha value is -3.04. The highest BCUT2D eigenvalue weighted by Crippen LogP contribution is 2.44. The molecule has 0 saturated heterocycles. The van der Waals surface area contributed by atoms with Gasteiger partial charge in [0.05, 0.1) is 0 Å². The Morgan fingerprint density at radius 3 is 2.32 bits per heavy atom. The third kappa shape index (κ3) is 3.95. The van der Waals surface area contributed by atoms with Gasteiger partial charge in [-0.2, -0.15) is 0 Å². The summed E-state index contributed by atoms with van der Waals surface area (Å²) in [4.78, 5) is 12.1. The molecule has 0 spiro atoms. The maximum Gasteiger partial charge on any atom is 0.407 e. The number of halogens is 1. The van der Waals surface area contributed by atoms with E-state index in [0.29, 0.717) is 18.2 Å². The summed E-state index contributed by atoms with van der Waals surface area (Å²) >= 11 is 5.96. The molecule has 0 saturated carbocycles. The van der Waals surface area contributed by atoms with Crippen molar-refractivity contribution in [2.24, 2.45) is 0 Å². The van der Waals surface area contributed by atoms with Crippen molar-refractivity contribution < 1.29 is 9.53 Å². The van der Waals surface area contributed by atoms with E-state index in [1.54, 1.807) is 0 Å². The van der Waals surface area contributed by atoms with Crippen LogP contribution in [0.3, 0.4) is 0 Å². The molecule has 1 amide bonds. The van der Waals surface area contributed by atoms with Gasteiger partial charge in [-0.25, -0.2) is 4.79 Å². The Morgan fingerprint density at radius 1 is 0.964 bits per heavy atom. The van der Waals surface area contributed by atoms with Crippen molar-refractivity contribution in [3.05, 3.63) is 101 Å². The van der Waals surface area contributed by atoms with Crippen molar-refractivity contribution >= 4 is 23.8 Å². The Morgan fingerprint density at radius 2 is 1.64 bits per heavy atom. The summed E-state index contributed by atoms with van der Waals surface area (Å²) in [5.74, 6) is 0.0696. The largest absolute Gasteiger partial charge is 0.449 e. The number of hydrogen-bond acceptors (Lipinski definition) is 2. The molecule has 140 valence electrons. The van der Waals surface area contributed by atoms with Crippen LogP contribution in [0, 0.1) is 0 Å². The molecule has 0 unspecified atom stereocenters. The minimum atomic E-state index is -0.419. The summed E-state index contributed by atoms with van der Waals surface area (Å²) in [5.41, 5.74) is 5.84. The van der Waals surface area contributed by atoms with E-state index in [4.69, 9.17) is 16.3 Å². The van der Waals surface area contributed by atoms with E-state index in [2.05, 4.69) is 29.6 Å². The van der Waals surface area contributed by atoms with Crippen LogP contribution in [0.5, 0.6) is 0 Å².